The number of carbonyl (C=O) groups is 1. The number of hydrogen-bond acceptors (Lipinski definition) is 5. The highest BCUT2D eigenvalue weighted by molar-refractivity contribution is 6.10. The van der Waals surface area contributed by atoms with E-state index in [9.17, 15) is 4.79 Å². The summed E-state index contributed by atoms with van der Waals surface area (Å²) in [5, 5.41) is 7.71. The van der Waals surface area contributed by atoms with E-state index in [4.69, 9.17) is 9.47 Å². The van der Waals surface area contributed by atoms with Crippen LogP contribution in [0.2, 0.25) is 0 Å². The van der Waals surface area contributed by atoms with Crippen molar-refractivity contribution in [1.29, 1.82) is 0 Å². The maximum atomic E-state index is 15.1. The maximum absolute atomic E-state index is 15.1. The van der Waals surface area contributed by atoms with E-state index >= 15 is 4.39 Å². The summed E-state index contributed by atoms with van der Waals surface area (Å²) in [6.07, 6.45) is 3.18. The molecule has 1 N–H and O–H groups in total. The topological polar surface area (TPSA) is 68.6 Å². The Morgan fingerprint density at radius 2 is 1.88 bits per heavy atom. The van der Waals surface area contributed by atoms with Gasteiger partial charge >= 0.3 is 0 Å². The first-order valence-corrected chi connectivity index (χ1v) is 14.3. The molecular weight excluding hydrogens is 519 g/mol. The molecule has 1 aromatic heterocycles. The Morgan fingerprint density at radius 3 is 2.59 bits per heavy atom. The Balaban J connectivity index is 1.37. The van der Waals surface area contributed by atoms with E-state index in [1.165, 1.54) is 0 Å². The van der Waals surface area contributed by atoms with Crippen molar-refractivity contribution in [3.8, 4) is 28.4 Å². The second-order valence-electron chi connectivity index (χ2n) is 11.2. The van der Waals surface area contributed by atoms with Crippen LogP contribution in [0, 0.1) is 0 Å². The van der Waals surface area contributed by atoms with Crippen LogP contribution in [0.5, 0.6) is 11.5 Å². The molecule has 2 aliphatic heterocycles. The predicted molar refractivity (Wildman–Crippen MR) is 156 cm³/mol. The van der Waals surface area contributed by atoms with Crippen molar-refractivity contribution in [2.24, 2.45) is 0 Å². The molecule has 0 bridgehead atoms. The van der Waals surface area contributed by atoms with Gasteiger partial charge in [0, 0.05) is 12.1 Å². The molecule has 3 heterocycles. The maximum Gasteiger partial charge on any atom is 0.238 e. The highest BCUT2D eigenvalue weighted by Gasteiger charge is 2.55. The van der Waals surface area contributed by atoms with Crippen molar-refractivity contribution in [3.05, 3.63) is 90.1 Å². The third-order valence-electron chi connectivity index (χ3n) is 8.79. The van der Waals surface area contributed by atoms with Gasteiger partial charge in [-0.15, -0.1) is 0 Å². The largest absolute Gasteiger partial charge is 0.497 e. The van der Waals surface area contributed by atoms with Gasteiger partial charge in [-0.2, -0.15) is 5.10 Å². The van der Waals surface area contributed by atoms with Crippen LogP contribution < -0.4 is 19.7 Å². The van der Waals surface area contributed by atoms with Crippen molar-refractivity contribution < 1.29 is 18.7 Å². The number of nitrogens with zero attached hydrogens (tertiary/aromatic N) is 3. The number of hydrogen-bond donors (Lipinski definition) is 1. The number of piperidine rings is 1. The van der Waals surface area contributed by atoms with Crippen molar-refractivity contribution in [2.45, 2.75) is 49.9 Å². The fourth-order valence-corrected chi connectivity index (χ4v) is 6.43. The summed E-state index contributed by atoms with van der Waals surface area (Å²) in [6, 6.07) is 23.8. The molecule has 0 radical (unpaired) electrons. The lowest BCUT2D eigenvalue weighted by atomic mass is 9.65. The van der Waals surface area contributed by atoms with Crippen molar-refractivity contribution in [3.63, 3.8) is 0 Å². The van der Waals surface area contributed by atoms with Crippen LogP contribution in [0.1, 0.15) is 36.8 Å². The monoisotopic (exact) mass is 552 g/mol. The van der Waals surface area contributed by atoms with Crippen LogP contribution in [0.15, 0.2) is 79.0 Å². The minimum Gasteiger partial charge on any atom is -0.497 e. The minimum atomic E-state index is -1.14. The second kappa shape index (κ2) is 10.3. The van der Waals surface area contributed by atoms with Crippen LogP contribution in [-0.2, 0) is 16.8 Å². The molecule has 8 heteroatoms. The first-order valence-electron chi connectivity index (χ1n) is 14.3. The molecule has 1 amide bonds. The Bertz CT molecular complexity index is 1570. The molecule has 1 aliphatic carbocycles. The van der Waals surface area contributed by atoms with Gasteiger partial charge in [-0.1, -0.05) is 36.8 Å². The standard InChI is InChI=1S/C33H33FN4O3/c1-40-25-10-8-22(9-11-25)21-37-31-26(33(32(37)39)14-5-15-33)18-23(19-30(31)41-29-13-16-35-20-27(29)34)28-12-17-36-38(28)24-6-3-2-4-7-24/h2-4,6-12,17-19,27,29,35H,5,13-16,20-21H2,1H3. The Labute approximate surface area is 238 Å². The molecule has 1 saturated heterocycles. The zero-order valence-electron chi connectivity index (χ0n) is 23.1. The molecule has 1 saturated carbocycles. The van der Waals surface area contributed by atoms with Gasteiger partial charge in [0.15, 0.2) is 0 Å². The van der Waals surface area contributed by atoms with Gasteiger partial charge in [-0.05, 0) is 79.4 Å². The van der Waals surface area contributed by atoms with E-state index in [0.29, 0.717) is 25.3 Å². The van der Waals surface area contributed by atoms with Gasteiger partial charge in [0.1, 0.15) is 23.8 Å². The van der Waals surface area contributed by atoms with Gasteiger partial charge in [0.05, 0.1) is 42.3 Å². The zero-order chi connectivity index (χ0) is 28.0. The first-order chi connectivity index (χ1) is 20.1. The van der Waals surface area contributed by atoms with Crippen molar-refractivity contribution in [2.75, 3.05) is 25.1 Å². The van der Waals surface area contributed by atoms with Gasteiger partial charge in [0.25, 0.3) is 0 Å². The number of para-hydroxylation sites is 1. The molecule has 2 fully saturated rings. The smallest absolute Gasteiger partial charge is 0.238 e. The lowest BCUT2D eigenvalue weighted by Gasteiger charge is -2.37. The summed E-state index contributed by atoms with van der Waals surface area (Å²) in [7, 11) is 1.64. The van der Waals surface area contributed by atoms with Crippen LogP contribution >= 0.6 is 0 Å². The van der Waals surface area contributed by atoms with E-state index in [0.717, 1.165) is 58.8 Å². The third kappa shape index (κ3) is 4.37. The molecule has 3 aliphatic rings. The summed E-state index contributed by atoms with van der Waals surface area (Å²) >= 11 is 0. The van der Waals surface area contributed by atoms with Crippen molar-refractivity contribution in [1.82, 2.24) is 15.1 Å². The molecule has 7 rings (SSSR count). The van der Waals surface area contributed by atoms with Gasteiger partial charge in [0.2, 0.25) is 5.91 Å². The number of halogens is 1. The molecular formula is C33H33FN4O3. The number of benzene rings is 3. The highest BCUT2D eigenvalue weighted by Crippen LogP contribution is 2.57. The lowest BCUT2D eigenvalue weighted by molar-refractivity contribution is -0.126. The molecule has 3 aromatic carbocycles. The zero-order valence-corrected chi connectivity index (χ0v) is 23.1. The number of ether oxygens (including phenoxy) is 2. The fourth-order valence-electron chi connectivity index (χ4n) is 6.43. The number of fused-ring (bicyclic) bond motifs is 2. The van der Waals surface area contributed by atoms with E-state index < -0.39 is 17.7 Å². The van der Waals surface area contributed by atoms with Crippen LogP contribution in [-0.4, -0.2) is 48.2 Å². The lowest BCUT2D eigenvalue weighted by Crippen LogP contribution is -2.45. The quantitative estimate of drug-likeness (QED) is 0.324. The predicted octanol–water partition coefficient (Wildman–Crippen LogP) is 5.60. The average Bonchev–Trinajstić information content (AvgIpc) is 3.56. The van der Waals surface area contributed by atoms with E-state index in [1.54, 1.807) is 13.3 Å². The molecule has 4 aromatic rings. The molecule has 41 heavy (non-hydrogen) atoms. The normalized spacial score (nSPS) is 21.0. The number of alkyl halides is 1. The summed E-state index contributed by atoms with van der Waals surface area (Å²) in [5.74, 6) is 1.41. The number of aromatic nitrogens is 2. The summed E-state index contributed by atoms with van der Waals surface area (Å²) in [4.78, 5) is 16.1. The number of rotatable bonds is 7. The van der Waals surface area contributed by atoms with Crippen LogP contribution in [0.4, 0.5) is 10.1 Å². The number of carbonyl (C=O) groups excluding carboxylic acids is 1. The number of methoxy groups -OCH3 is 1. The molecule has 2 atom stereocenters. The van der Waals surface area contributed by atoms with Gasteiger partial charge < -0.3 is 19.7 Å². The van der Waals surface area contributed by atoms with Crippen LogP contribution in [0.3, 0.4) is 0 Å². The molecule has 2 unspecified atom stereocenters. The summed E-state index contributed by atoms with van der Waals surface area (Å²) in [5.41, 5.74) is 4.87. The van der Waals surface area contributed by atoms with Crippen LogP contribution in [0.25, 0.3) is 16.9 Å². The van der Waals surface area contributed by atoms with Gasteiger partial charge in [-0.3, -0.25) is 4.79 Å². The van der Waals surface area contributed by atoms with Crippen molar-refractivity contribution >= 4 is 11.6 Å². The number of anilines is 1. The van der Waals surface area contributed by atoms with E-state index in [2.05, 4.69) is 16.5 Å². The Kier molecular flexibility index (Phi) is 6.50. The molecule has 210 valence electrons. The molecule has 7 nitrogen and oxygen atoms in total. The summed E-state index contributed by atoms with van der Waals surface area (Å²) in [6.45, 7) is 1.35. The number of nitrogens with one attached hydrogen (secondary N) is 1. The second-order valence-corrected chi connectivity index (χ2v) is 11.2. The Morgan fingerprint density at radius 1 is 1.07 bits per heavy atom. The fraction of sp³-hybridized carbons (Fsp3) is 0.333. The average molecular weight is 553 g/mol. The SMILES string of the molecule is COc1ccc(CN2C(=O)C3(CCC3)c3cc(-c4ccnn4-c4ccccc4)cc(OC4CCNCC4F)c32)cc1. The minimum absolute atomic E-state index is 0.0928. The first kappa shape index (κ1) is 25.8. The van der Waals surface area contributed by atoms with Gasteiger partial charge in [-0.25, -0.2) is 9.07 Å². The molecule has 1 spiro atoms. The third-order valence-corrected chi connectivity index (χ3v) is 8.79. The van der Waals surface area contributed by atoms with E-state index in [1.807, 2.05) is 76.3 Å². The number of amides is 1. The van der Waals surface area contributed by atoms with E-state index in [-0.39, 0.29) is 12.5 Å². The Hall–Kier alpha value is -4.17. The summed E-state index contributed by atoms with van der Waals surface area (Å²) < 4.78 is 28.9. The highest BCUT2D eigenvalue weighted by atomic mass is 19.1.